The Morgan fingerprint density at radius 3 is 3.00 bits per heavy atom. The third kappa shape index (κ3) is 3.61. The average molecular weight is 409 g/mol. The molecule has 1 aromatic carbocycles. The van der Waals surface area contributed by atoms with Crippen LogP contribution in [0.15, 0.2) is 41.1 Å². The highest BCUT2D eigenvalue weighted by atomic mass is 16.5. The van der Waals surface area contributed by atoms with Crippen LogP contribution in [0, 0.1) is 0 Å². The van der Waals surface area contributed by atoms with Crippen LogP contribution in [0.2, 0.25) is 0 Å². The van der Waals surface area contributed by atoms with E-state index in [0.717, 1.165) is 55.0 Å². The van der Waals surface area contributed by atoms with Crippen molar-refractivity contribution in [3.05, 3.63) is 48.2 Å². The SMILES string of the molecule is COCCCn1cnnc1CN1C(=O)C[C@H]2[C@@H]1CCN2Cc1cc2ccccc2o1. The minimum atomic E-state index is 0.200. The lowest BCUT2D eigenvalue weighted by Gasteiger charge is -2.25. The highest BCUT2D eigenvalue weighted by Gasteiger charge is 2.47. The van der Waals surface area contributed by atoms with E-state index in [-0.39, 0.29) is 18.0 Å². The zero-order valence-electron chi connectivity index (χ0n) is 17.2. The molecule has 2 aliphatic rings. The largest absolute Gasteiger partial charge is 0.460 e. The van der Waals surface area contributed by atoms with E-state index in [0.29, 0.717) is 19.6 Å². The molecule has 8 nitrogen and oxygen atoms in total. The number of furan rings is 1. The molecule has 1 amide bonds. The number of fused-ring (bicyclic) bond motifs is 2. The smallest absolute Gasteiger partial charge is 0.224 e. The summed E-state index contributed by atoms with van der Waals surface area (Å²) >= 11 is 0. The summed E-state index contributed by atoms with van der Waals surface area (Å²) in [6, 6.07) is 10.6. The van der Waals surface area contributed by atoms with E-state index in [1.807, 2.05) is 27.7 Å². The number of carbonyl (C=O) groups is 1. The number of ether oxygens (including phenoxy) is 1. The molecule has 3 aromatic rings. The van der Waals surface area contributed by atoms with E-state index < -0.39 is 0 Å². The van der Waals surface area contributed by atoms with Gasteiger partial charge in [-0.05, 0) is 25.0 Å². The van der Waals surface area contributed by atoms with Gasteiger partial charge in [-0.15, -0.1) is 10.2 Å². The summed E-state index contributed by atoms with van der Waals surface area (Å²) in [5.41, 5.74) is 0.917. The number of methoxy groups -OCH3 is 1. The van der Waals surface area contributed by atoms with Gasteiger partial charge in [0, 0.05) is 50.7 Å². The number of nitrogens with zero attached hydrogens (tertiary/aromatic N) is 5. The van der Waals surface area contributed by atoms with Gasteiger partial charge in [0.05, 0.1) is 13.1 Å². The van der Waals surface area contributed by atoms with Crippen molar-refractivity contribution >= 4 is 16.9 Å². The molecule has 0 bridgehead atoms. The van der Waals surface area contributed by atoms with E-state index in [9.17, 15) is 4.79 Å². The second kappa shape index (κ2) is 8.20. The Hall–Kier alpha value is -2.71. The van der Waals surface area contributed by atoms with E-state index in [1.165, 1.54) is 0 Å². The van der Waals surface area contributed by atoms with Crippen molar-refractivity contribution in [1.82, 2.24) is 24.6 Å². The molecule has 30 heavy (non-hydrogen) atoms. The third-order valence-corrected chi connectivity index (χ3v) is 6.32. The highest BCUT2D eigenvalue weighted by Crippen LogP contribution is 2.35. The quantitative estimate of drug-likeness (QED) is 0.532. The summed E-state index contributed by atoms with van der Waals surface area (Å²) in [6.45, 7) is 3.72. The molecule has 8 heteroatoms. The van der Waals surface area contributed by atoms with Crippen LogP contribution in [0.3, 0.4) is 0 Å². The van der Waals surface area contributed by atoms with Crippen LogP contribution in [0.4, 0.5) is 0 Å². The molecule has 0 spiro atoms. The van der Waals surface area contributed by atoms with Gasteiger partial charge in [0.1, 0.15) is 17.7 Å². The van der Waals surface area contributed by atoms with Gasteiger partial charge in [-0.2, -0.15) is 0 Å². The van der Waals surface area contributed by atoms with Crippen LogP contribution in [0.1, 0.15) is 30.8 Å². The molecule has 5 rings (SSSR count). The topological polar surface area (TPSA) is 76.6 Å². The zero-order chi connectivity index (χ0) is 20.5. The zero-order valence-corrected chi connectivity index (χ0v) is 17.2. The number of amides is 1. The molecule has 2 aromatic heterocycles. The first-order valence-corrected chi connectivity index (χ1v) is 10.6. The molecule has 0 radical (unpaired) electrons. The molecule has 0 aliphatic carbocycles. The Labute approximate surface area is 175 Å². The maximum atomic E-state index is 12.8. The molecule has 158 valence electrons. The summed E-state index contributed by atoms with van der Waals surface area (Å²) in [5, 5.41) is 9.45. The van der Waals surface area contributed by atoms with Crippen molar-refractivity contribution in [2.24, 2.45) is 0 Å². The standard InChI is InChI=1S/C22H27N5O3/c1-29-10-4-8-26-15-23-24-21(26)14-27-18-7-9-25(19(18)12-22(27)28)13-17-11-16-5-2-3-6-20(16)30-17/h2-3,5-6,11,15,18-19H,4,7-10,12-14H2,1H3/t18-,19-/m0/s1. The van der Waals surface area contributed by atoms with Crippen LogP contribution in [0.5, 0.6) is 0 Å². The van der Waals surface area contributed by atoms with Gasteiger partial charge in [-0.25, -0.2) is 0 Å². The van der Waals surface area contributed by atoms with Crippen molar-refractivity contribution in [3.8, 4) is 0 Å². The van der Waals surface area contributed by atoms with Gasteiger partial charge in [-0.1, -0.05) is 18.2 Å². The van der Waals surface area contributed by atoms with Crippen LogP contribution in [-0.4, -0.2) is 62.8 Å². The maximum Gasteiger partial charge on any atom is 0.224 e. The number of benzene rings is 1. The molecule has 4 heterocycles. The fourth-order valence-corrected chi connectivity index (χ4v) is 4.85. The van der Waals surface area contributed by atoms with Crippen LogP contribution < -0.4 is 0 Å². The van der Waals surface area contributed by atoms with Crippen molar-refractivity contribution in [1.29, 1.82) is 0 Å². The van der Waals surface area contributed by atoms with Crippen molar-refractivity contribution in [3.63, 3.8) is 0 Å². The maximum absolute atomic E-state index is 12.8. The molecule has 2 atom stereocenters. The Balaban J connectivity index is 1.26. The van der Waals surface area contributed by atoms with E-state index >= 15 is 0 Å². The van der Waals surface area contributed by atoms with Crippen LogP contribution >= 0.6 is 0 Å². The average Bonchev–Trinajstić information content (AvgIpc) is 3.50. The van der Waals surface area contributed by atoms with Crippen LogP contribution in [-0.2, 0) is 29.2 Å². The number of hydrogen-bond acceptors (Lipinski definition) is 6. The monoisotopic (exact) mass is 409 g/mol. The number of rotatable bonds is 8. The lowest BCUT2D eigenvalue weighted by Crippen LogP contribution is -2.37. The molecular formula is C22H27N5O3. The fraction of sp³-hybridized carbons (Fsp3) is 0.500. The number of aromatic nitrogens is 3. The van der Waals surface area contributed by atoms with Gasteiger partial charge in [0.15, 0.2) is 5.82 Å². The Bertz CT molecular complexity index is 996. The molecule has 2 aliphatic heterocycles. The molecule has 0 saturated carbocycles. The van der Waals surface area contributed by atoms with Crippen LogP contribution in [0.25, 0.3) is 11.0 Å². The van der Waals surface area contributed by atoms with Gasteiger partial charge in [0.2, 0.25) is 5.91 Å². The number of aryl methyl sites for hydroxylation is 1. The lowest BCUT2D eigenvalue weighted by atomic mass is 10.1. The summed E-state index contributed by atoms with van der Waals surface area (Å²) in [6.07, 6.45) is 4.18. The molecule has 0 N–H and O–H groups in total. The minimum absolute atomic E-state index is 0.200. The normalized spacial score (nSPS) is 21.8. The lowest BCUT2D eigenvalue weighted by molar-refractivity contribution is -0.129. The minimum Gasteiger partial charge on any atom is -0.460 e. The summed E-state index contributed by atoms with van der Waals surface area (Å²) in [7, 11) is 1.70. The predicted octanol–water partition coefficient (Wildman–Crippen LogP) is 2.44. The number of carbonyl (C=O) groups excluding carboxylic acids is 1. The van der Waals surface area contributed by atoms with Gasteiger partial charge in [-0.3, -0.25) is 9.69 Å². The number of likely N-dealkylation sites (tertiary alicyclic amines) is 2. The molecule has 2 fully saturated rings. The van der Waals surface area contributed by atoms with Gasteiger partial charge in [0.25, 0.3) is 0 Å². The Morgan fingerprint density at radius 1 is 1.23 bits per heavy atom. The third-order valence-electron chi connectivity index (χ3n) is 6.32. The first kappa shape index (κ1) is 19.3. The summed E-state index contributed by atoms with van der Waals surface area (Å²) in [4.78, 5) is 17.2. The first-order valence-electron chi connectivity index (χ1n) is 10.6. The Kier molecular flexibility index (Phi) is 5.26. The van der Waals surface area contributed by atoms with Gasteiger partial charge >= 0.3 is 0 Å². The van der Waals surface area contributed by atoms with Crippen molar-refractivity contribution < 1.29 is 13.9 Å². The van der Waals surface area contributed by atoms with E-state index in [4.69, 9.17) is 9.15 Å². The predicted molar refractivity (Wildman–Crippen MR) is 110 cm³/mol. The first-order chi connectivity index (χ1) is 14.7. The van der Waals surface area contributed by atoms with Gasteiger partial charge < -0.3 is 18.6 Å². The molecule has 2 saturated heterocycles. The van der Waals surface area contributed by atoms with Crippen molar-refractivity contribution in [2.45, 2.75) is 51.0 Å². The fourth-order valence-electron chi connectivity index (χ4n) is 4.85. The number of para-hydroxylation sites is 1. The second-order valence-electron chi connectivity index (χ2n) is 8.16. The number of hydrogen-bond donors (Lipinski definition) is 0. The summed E-state index contributed by atoms with van der Waals surface area (Å²) < 4.78 is 13.2. The molecule has 0 unspecified atom stereocenters. The second-order valence-corrected chi connectivity index (χ2v) is 8.16. The highest BCUT2D eigenvalue weighted by molar-refractivity contribution is 5.80. The van der Waals surface area contributed by atoms with Crippen molar-refractivity contribution in [2.75, 3.05) is 20.3 Å². The molecular weight excluding hydrogens is 382 g/mol. The van der Waals surface area contributed by atoms with E-state index in [2.05, 4.69) is 27.2 Å². The van der Waals surface area contributed by atoms with E-state index in [1.54, 1.807) is 13.4 Å². The summed E-state index contributed by atoms with van der Waals surface area (Å²) in [5.74, 6) is 2.00. The Morgan fingerprint density at radius 2 is 2.13 bits per heavy atom.